The molecule has 15 heavy (non-hydrogen) atoms. The highest BCUT2D eigenvalue weighted by Crippen LogP contribution is 2.15. The lowest BCUT2D eigenvalue weighted by Crippen LogP contribution is -2.24. The fourth-order valence-electron chi connectivity index (χ4n) is 1.16. The zero-order valence-corrected chi connectivity index (χ0v) is 10.7. The summed E-state index contributed by atoms with van der Waals surface area (Å²) in [6.07, 6.45) is 0. The normalized spacial score (nSPS) is 12.7. The van der Waals surface area contributed by atoms with Crippen molar-refractivity contribution >= 4 is 23.4 Å². The van der Waals surface area contributed by atoms with Crippen molar-refractivity contribution in [2.24, 2.45) is 5.92 Å². The van der Waals surface area contributed by atoms with E-state index >= 15 is 0 Å². The van der Waals surface area contributed by atoms with Crippen LogP contribution in [-0.2, 0) is 0 Å². The van der Waals surface area contributed by atoms with Crippen LogP contribution in [0, 0.1) is 5.92 Å². The molecular formula is C12H18ClNS. The second-order valence-electron chi connectivity index (χ2n) is 3.63. The molecule has 0 saturated carbocycles. The van der Waals surface area contributed by atoms with Crippen LogP contribution in [0.15, 0.2) is 35.2 Å². The summed E-state index contributed by atoms with van der Waals surface area (Å²) >= 11 is 7.60. The molecule has 0 saturated heterocycles. The first-order valence-electron chi connectivity index (χ1n) is 5.27. The number of hydrogen-bond donors (Lipinski definition) is 1. The van der Waals surface area contributed by atoms with Crippen LogP contribution in [0.4, 0.5) is 0 Å². The monoisotopic (exact) mass is 243 g/mol. The van der Waals surface area contributed by atoms with Crippen molar-refractivity contribution in [3.05, 3.63) is 30.3 Å². The number of hydrogen-bond acceptors (Lipinski definition) is 2. The van der Waals surface area contributed by atoms with E-state index in [0.717, 1.165) is 24.7 Å². The number of halogens is 1. The molecule has 1 N–H and O–H groups in total. The van der Waals surface area contributed by atoms with E-state index in [1.807, 2.05) is 17.8 Å². The van der Waals surface area contributed by atoms with Crippen LogP contribution in [-0.4, -0.2) is 24.7 Å². The van der Waals surface area contributed by atoms with Gasteiger partial charge in [-0.2, -0.15) is 0 Å². The van der Waals surface area contributed by atoms with Crippen LogP contribution in [0.2, 0.25) is 0 Å². The fraction of sp³-hybridized carbons (Fsp3) is 0.500. The number of benzene rings is 1. The molecule has 1 atom stereocenters. The van der Waals surface area contributed by atoms with E-state index in [9.17, 15) is 0 Å². The maximum atomic E-state index is 5.72. The zero-order chi connectivity index (χ0) is 10.9. The van der Waals surface area contributed by atoms with E-state index in [2.05, 4.69) is 36.5 Å². The van der Waals surface area contributed by atoms with E-state index in [-0.39, 0.29) is 0 Å². The third kappa shape index (κ3) is 6.08. The van der Waals surface area contributed by atoms with Gasteiger partial charge in [-0.3, -0.25) is 0 Å². The standard InChI is InChI=1S/C12H18ClNS/c1-11(9-13)10-14-7-8-15-12-5-3-2-4-6-12/h2-6,11,14H,7-10H2,1H3. The number of alkyl halides is 1. The minimum atomic E-state index is 0.563. The van der Waals surface area contributed by atoms with E-state index in [1.165, 1.54) is 4.90 Å². The molecule has 0 spiro atoms. The second-order valence-corrected chi connectivity index (χ2v) is 5.10. The third-order valence-electron chi connectivity index (χ3n) is 2.05. The SMILES string of the molecule is CC(CCl)CNCCSc1ccccc1. The Kier molecular flexibility index (Phi) is 6.90. The van der Waals surface area contributed by atoms with Crippen LogP contribution < -0.4 is 5.32 Å². The highest BCUT2D eigenvalue weighted by molar-refractivity contribution is 7.99. The lowest BCUT2D eigenvalue weighted by atomic mass is 10.2. The van der Waals surface area contributed by atoms with Gasteiger partial charge >= 0.3 is 0 Å². The van der Waals surface area contributed by atoms with Gasteiger partial charge in [0.25, 0.3) is 0 Å². The Balaban J connectivity index is 2.03. The van der Waals surface area contributed by atoms with E-state index in [4.69, 9.17) is 11.6 Å². The summed E-state index contributed by atoms with van der Waals surface area (Å²) in [5.41, 5.74) is 0. The zero-order valence-electron chi connectivity index (χ0n) is 9.08. The first kappa shape index (κ1) is 12.9. The van der Waals surface area contributed by atoms with E-state index in [1.54, 1.807) is 0 Å². The molecule has 1 unspecified atom stereocenters. The van der Waals surface area contributed by atoms with Crippen LogP contribution in [0.5, 0.6) is 0 Å². The Morgan fingerprint density at radius 1 is 1.33 bits per heavy atom. The smallest absolute Gasteiger partial charge is 0.0261 e. The molecule has 1 rings (SSSR count). The minimum Gasteiger partial charge on any atom is -0.316 e. The van der Waals surface area contributed by atoms with Gasteiger partial charge in [-0.05, 0) is 24.6 Å². The second kappa shape index (κ2) is 8.03. The Hall–Kier alpha value is -0.180. The molecule has 3 heteroatoms. The molecular weight excluding hydrogens is 226 g/mol. The van der Waals surface area contributed by atoms with Crippen molar-refractivity contribution in [3.63, 3.8) is 0 Å². The van der Waals surface area contributed by atoms with Crippen LogP contribution in [0.1, 0.15) is 6.92 Å². The van der Waals surface area contributed by atoms with Crippen molar-refractivity contribution in [3.8, 4) is 0 Å². The van der Waals surface area contributed by atoms with Crippen molar-refractivity contribution in [1.82, 2.24) is 5.32 Å². The highest BCUT2D eigenvalue weighted by atomic mass is 35.5. The van der Waals surface area contributed by atoms with Gasteiger partial charge in [0.1, 0.15) is 0 Å². The quantitative estimate of drug-likeness (QED) is 0.448. The average molecular weight is 244 g/mol. The van der Waals surface area contributed by atoms with Gasteiger partial charge in [0, 0.05) is 23.1 Å². The van der Waals surface area contributed by atoms with Crippen LogP contribution >= 0.6 is 23.4 Å². The lowest BCUT2D eigenvalue weighted by Gasteiger charge is -2.08. The molecule has 0 heterocycles. The minimum absolute atomic E-state index is 0.563. The van der Waals surface area contributed by atoms with Crippen molar-refractivity contribution < 1.29 is 0 Å². The van der Waals surface area contributed by atoms with Crippen LogP contribution in [0.3, 0.4) is 0 Å². The fourth-order valence-corrected chi connectivity index (χ4v) is 2.10. The van der Waals surface area contributed by atoms with Gasteiger partial charge in [0.2, 0.25) is 0 Å². The predicted molar refractivity (Wildman–Crippen MR) is 69.9 cm³/mol. The molecule has 0 aliphatic carbocycles. The number of thioether (sulfide) groups is 1. The Labute approximate surface area is 102 Å². The Morgan fingerprint density at radius 3 is 2.73 bits per heavy atom. The average Bonchev–Trinajstić information content (AvgIpc) is 2.29. The summed E-state index contributed by atoms with van der Waals surface area (Å²) in [6.45, 7) is 4.21. The Morgan fingerprint density at radius 2 is 2.07 bits per heavy atom. The number of rotatable bonds is 7. The first-order valence-corrected chi connectivity index (χ1v) is 6.79. The van der Waals surface area contributed by atoms with Gasteiger partial charge in [-0.25, -0.2) is 0 Å². The van der Waals surface area contributed by atoms with Crippen molar-refractivity contribution in [2.75, 3.05) is 24.7 Å². The molecule has 1 nitrogen and oxygen atoms in total. The molecule has 84 valence electrons. The summed E-state index contributed by atoms with van der Waals surface area (Å²) in [4.78, 5) is 1.34. The summed E-state index contributed by atoms with van der Waals surface area (Å²) in [6, 6.07) is 10.5. The van der Waals surface area contributed by atoms with Gasteiger partial charge in [-0.1, -0.05) is 25.1 Å². The van der Waals surface area contributed by atoms with Crippen molar-refractivity contribution in [2.45, 2.75) is 11.8 Å². The van der Waals surface area contributed by atoms with E-state index in [0.29, 0.717) is 5.92 Å². The predicted octanol–water partition coefficient (Wildman–Crippen LogP) is 3.24. The molecule has 0 amide bonds. The van der Waals surface area contributed by atoms with Gasteiger partial charge < -0.3 is 5.32 Å². The molecule has 0 aliphatic rings. The Bertz CT molecular complexity index is 253. The summed E-state index contributed by atoms with van der Waals surface area (Å²) in [7, 11) is 0. The maximum Gasteiger partial charge on any atom is 0.0261 e. The van der Waals surface area contributed by atoms with Gasteiger partial charge in [0.05, 0.1) is 0 Å². The van der Waals surface area contributed by atoms with Crippen molar-refractivity contribution in [1.29, 1.82) is 0 Å². The topological polar surface area (TPSA) is 12.0 Å². The molecule has 0 aliphatic heterocycles. The van der Waals surface area contributed by atoms with Crippen LogP contribution in [0.25, 0.3) is 0 Å². The summed E-state index contributed by atoms with van der Waals surface area (Å²) < 4.78 is 0. The molecule has 1 aromatic rings. The number of nitrogens with one attached hydrogen (secondary N) is 1. The molecule has 0 bridgehead atoms. The first-order chi connectivity index (χ1) is 7.33. The molecule has 0 radical (unpaired) electrons. The summed E-state index contributed by atoms with van der Waals surface area (Å²) in [5.74, 6) is 2.41. The van der Waals surface area contributed by atoms with E-state index < -0.39 is 0 Å². The maximum absolute atomic E-state index is 5.72. The summed E-state index contributed by atoms with van der Waals surface area (Å²) in [5, 5.41) is 3.40. The molecule has 0 fully saturated rings. The van der Waals surface area contributed by atoms with Gasteiger partial charge in [0.15, 0.2) is 0 Å². The largest absolute Gasteiger partial charge is 0.316 e. The third-order valence-corrected chi connectivity index (χ3v) is 3.59. The molecule has 0 aromatic heterocycles. The highest BCUT2D eigenvalue weighted by Gasteiger charge is 1.98. The lowest BCUT2D eigenvalue weighted by molar-refractivity contribution is 0.573. The van der Waals surface area contributed by atoms with Gasteiger partial charge in [-0.15, -0.1) is 23.4 Å². The molecule has 1 aromatic carbocycles.